The summed E-state index contributed by atoms with van der Waals surface area (Å²) in [5.41, 5.74) is 3.31. The number of thioether (sulfide) groups is 1. The van der Waals surface area contributed by atoms with Crippen LogP contribution in [0.3, 0.4) is 0 Å². The minimum Gasteiger partial charge on any atom is -0.507 e. The molecule has 1 fully saturated rings. The van der Waals surface area contributed by atoms with Gasteiger partial charge in [-0.15, -0.1) is 0 Å². The lowest BCUT2D eigenvalue weighted by molar-refractivity contribution is -0.136. The van der Waals surface area contributed by atoms with Crippen LogP contribution in [0.15, 0.2) is 46.3 Å². The van der Waals surface area contributed by atoms with E-state index >= 15 is 0 Å². The Kier molecular flexibility index (Phi) is 6.75. The zero-order chi connectivity index (χ0) is 24.6. The highest BCUT2D eigenvalue weighted by molar-refractivity contribution is 8.18. The Bertz CT molecular complexity index is 1120. The fraction of sp³-hybridized carbons (Fsp3) is 0.346. The van der Waals surface area contributed by atoms with Crippen LogP contribution in [0, 0.1) is 0 Å². The summed E-state index contributed by atoms with van der Waals surface area (Å²) >= 11 is 1.25. The predicted octanol–water partition coefficient (Wildman–Crippen LogP) is 5.51. The molecule has 33 heavy (non-hydrogen) atoms. The van der Waals surface area contributed by atoms with E-state index in [1.807, 2.05) is 18.2 Å². The van der Waals surface area contributed by atoms with Gasteiger partial charge in [-0.2, -0.15) is 0 Å². The molecule has 2 aromatic carbocycles. The van der Waals surface area contributed by atoms with E-state index in [2.05, 4.69) is 51.9 Å². The van der Waals surface area contributed by atoms with E-state index in [1.54, 1.807) is 24.3 Å². The van der Waals surface area contributed by atoms with Gasteiger partial charge < -0.3 is 15.5 Å². The Morgan fingerprint density at radius 2 is 1.58 bits per heavy atom. The number of benzene rings is 2. The number of aliphatic imine (C=N–C) groups is 1. The number of nitrogens with one attached hydrogen (secondary N) is 1. The molecule has 1 saturated heterocycles. The maximum Gasteiger partial charge on any atom is 0.307 e. The third-order valence-electron chi connectivity index (χ3n) is 5.22. The van der Waals surface area contributed by atoms with E-state index in [1.165, 1.54) is 11.8 Å². The van der Waals surface area contributed by atoms with E-state index in [4.69, 9.17) is 5.11 Å². The normalized spacial score (nSPS) is 17.0. The van der Waals surface area contributed by atoms with Crippen molar-refractivity contribution in [3.8, 4) is 5.75 Å². The Morgan fingerprint density at radius 1 is 1.03 bits per heavy atom. The zero-order valence-electron chi connectivity index (χ0n) is 19.8. The maximum atomic E-state index is 12.6. The van der Waals surface area contributed by atoms with E-state index in [0.717, 1.165) is 16.7 Å². The number of carbonyl (C=O) groups is 2. The van der Waals surface area contributed by atoms with Crippen LogP contribution in [0.1, 0.15) is 63.8 Å². The number of amidine groups is 1. The molecule has 1 aliphatic heterocycles. The van der Waals surface area contributed by atoms with Gasteiger partial charge in [-0.05, 0) is 64.1 Å². The number of rotatable bonds is 4. The van der Waals surface area contributed by atoms with Crippen LogP contribution in [0.25, 0.3) is 6.08 Å². The van der Waals surface area contributed by atoms with E-state index in [9.17, 15) is 14.7 Å². The Hall–Kier alpha value is -3.06. The van der Waals surface area contributed by atoms with Crippen LogP contribution < -0.4 is 5.32 Å². The van der Waals surface area contributed by atoms with Crippen LogP contribution >= 0.6 is 11.8 Å². The largest absolute Gasteiger partial charge is 0.507 e. The standard InChI is InChI=1S/C26H30N2O4S/c1-25(2,3)18-11-16(12-19(22(18)31)26(4,5)6)13-20-23(32)28-24(33-20)27-17-9-7-15(8-10-17)14-21(29)30/h7-13,31H,14H2,1-6H3,(H,29,30)(H,27,28,32). The van der Waals surface area contributed by atoms with Gasteiger partial charge in [0.15, 0.2) is 5.17 Å². The predicted molar refractivity (Wildman–Crippen MR) is 134 cm³/mol. The molecule has 3 N–H and O–H groups in total. The molecule has 0 spiro atoms. The van der Waals surface area contributed by atoms with Gasteiger partial charge in [0, 0.05) is 11.1 Å². The van der Waals surface area contributed by atoms with Gasteiger partial charge in [-0.3, -0.25) is 9.59 Å². The molecule has 0 aliphatic carbocycles. The highest BCUT2D eigenvalue weighted by Gasteiger charge is 2.28. The molecule has 1 amide bonds. The van der Waals surface area contributed by atoms with Crippen molar-refractivity contribution in [2.75, 3.05) is 0 Å². The van der Waals surface area contributed by atoms with Gasteiger partial charge in [0.1, 0.15) is 5.75 Å². The van der Waals surface area contributed by atoms with Crippen molar-refractivity contribution >= 4 is 40.6 Å². The average Bonchev–Trinajstić information content (AvgIpc) is 3.01. The summed E-state index contributed by atoms with van der Waals surface area (Å²) in [6.45, 7) is 12.3. The number of carboxylic acids is 1. The third-order valence-corrected chi connectivity index (χ3v) is 6.13. The number of carbonyl (C=O) groups excluding carboxylic acids is 1. The molecular formula is C26H30N2O4S. The van der Waals surface area contributed by atoms with Gasteiger partial charge >= 0.3 is 5.97 Å². The van der Waals surface area contributed by atoms with E-state index in [-0.39, 0.29) is 23.2 Å². The molecule has 6 nitrogen and oxygen atoms in total. The summed E-state index contributed by atoms with van der Waals surface area (Å²) in [5, 5.41) is 23.0. The molecular weight excluding hydrogens is 436 g/mol. The zero-order valence-corrected chi connectivity index (χ0v) is 20.6. The SMILES string of the molecule is CC(C)(C)c1cc(C=C2SC(=Nc3ccc(CC(=O)O)cc3)NC2=O)cc(C(C)(C)C)c1O. The number of aromatic hydroxyl groups is 1. The Labute approximate surface area is 198 Å². The fourth-order valence-electron chi connectivity index (χ4n) is 3.50. The van der Waals surface area contributed by atoms with Crippen LogP contribution in [0.4, 0.5) is 5.69 Å². The number of hydrogen-bond acceptors (Lipinski definition) is 5. The Balaban J connectivity index is 1.92. The average molecular weight is 467 g/mol. The number of phenols is 1. The third kappa shape index (κ3) is 6.05. The van der Waals surface area contributed by atoms with Crippen LogP contribution in [0.2, 0.25) is 0 Å². The number of hydrogen-bond donors (Lipinski definition) is 3. The lowest BCUT2D eigenvalue weighted by atomic mass is 9.78. The van der Waals surface area contributed by atoms with Crippen LogP contribution in [-0.4, -0.2) is 27.3 Å². The Morgan fingerprint density at radius 3 is 2.06 bits per heavy atom. The lowest BCUT2D eigenvalue weighted by Crippen LogP contribution is -2.19. The highest BCUT2D eigenvalue weighted by atomic mass is 32.2. The van der Waals surface area contributed by atoms with Gasteiger partial charge in [-0.25, -0.2) is 4.99 Å². The smallest absolute Gasteiger partial charge is 0.307 e. The molecule has 0 saturated carbocycles. The number of carboxylic acid groups (broad SMARTS) is 1. The minimum atomic E-state index is -0.888. The summed E-state index contributed by atoms with van der Waals surface area (Å²) in [6.07, 6.45) is 1.78. The topological polar surface area (TPSA) is 99.0 Å². The summed E-state index contributed by atoms with van der Waals surface area (Å²) in [6, 6.07) is 10.7. The minimum absolute atomic E-state index is 0.0467. The summed E-state index contributed by atoms with van der Waals surface area (Å²) in [5.74, 6) is -0.820. The van der Waals surface area contributed by atoms with Crippen LogP contribution in [0.5, 0.6) is 5.75 Å². The molecule has 0 radical (unpaired) electrons. The molecule has 0 aromatic heterocycles. The first-order valence-electron chi connectivity index (χ1n) is 10.7. The van der Waals surface area contributed by atoms with E-state index < -0.39 is 5.97 Å². The second-order valence-electron chi connectivity index (χ2n) is 10.2. The van der Waals surface area contributed by atoms with Gasteiger partial charge in [-0.1, -0.05) is 53.7 Å². The monoisotopic (exact) mass is 466 g/mol. The van der Waals surface area contributed by atoms with Crippen molar-refractivity contribution in [3.63, 3.8) is 0 Å². The highest BCUT2D eigenvalue weighted by Crippen LogP contribution is 2.40. The van der Waals surface area contributed by atoms with Crippen molar-refractivity contribution in [2.45, 2.75) is 58.8 Å². The summed E-state index contributed by atoms with van der Waals surface area (Å²) in [4.78, 5) is 28.4. The summed E-state index contributed by atoms with van der Waals surface area (Å²) in [7, 11) is 0. The molecule has 1 heterocycles. The molecule has 0 unspecified atom stereocenters. The molecule has 2 aromatic rings. The first-order chi connectivity index (χ1) is 15.2. The number of nitrogens with zero attached hydrogens (tertiary/aromatic N) is 1. The van der Waals surface area contributed by atoms with Crippen molar-refractivity contribution in [2.24, 2.45) is 4.99 Å². The molecule has 3 rings (SSSR count). The van der Waals surface area contributed by atoms with Crippen LogP contribution in [-0.2, 0) is 26.8 Å². The molecule has 1 aliphatic rings. The second-order valence-corrected chi connectivity index (χ2v) is 11.2. The summed E-state index contributed by atoms with van der Waals surface area (Å²) < 4.78 is 0. The van der Waals surface area contributed by atoms with Gasteiger partial charge in [0.05, 0.1) is 17.0 Å². The first-order valence-corrected chi connectivity index (χ1v) is 11.5. The van der Waals surface area contributed by atoms with Crippen molar-refractivity contribution in [1.82, 2.24) is 5.32 Å². The maximum absolute atomic E-state index is 12.6. The quantitative estimate of drug-likeness (QED) is 0.516. The van der Waals surface area contributed by atoms with Gasteiger partial charge in [0.2, 0.25) is 0 Å². The van der Waals surface area contributed by atoms with Crippen molar-refractivity contribution in [1.29, 1.82) is 0 Å². The fourth-order valence-corrected chi connectivity index (χ4v) is 4.34. The number of amides is 1. The van der Waals surface area contributed by atoms with Crippen molar-refractivity contribution < 1.29 is 19.8 Å². The van der Waals surface area contributed by atoms with E-state index in [0.29, 0.717) is 27.1 Å². The molecule has 0 atom stereocenters. The molecule has 174 valence electrons. The van der Waals surface area contributed by atoms with Gasteiger partial charge in [0.25, 0.3) is 5.91 Å². The molecule has 0 bridgehead atoms. The van der Waals surface area contributed by atoms with Crippen molar-refractivity contribution in [3.05, 3.63) is 63.6 Å². The second kappa shape index (κ2) is 9.06. The number of aliphatic carboxylic acids is 1. The molecule has 7 heteroatoms. The first kappa shape index (κ1) is 24.6. The number of phenolic OH excluding ortho intramolecular Hbond substituents is 1. The lowest BCUT2D eigenvalue weighted by Gasteiger charge is -2.28.